The van der Waals surface area contributed by atoms with Crippen LogP contribution in [0.1, 0.15) is 121 Å². The molecule has 0 aromatic heterocycles. The van der Waals surface area contributed by atoms with Crippen molar-refractivity contribution in [3.8, 4) is 0 Å². The van der Waals surface area contributed by atoms with Crippen molar-refractivity contribution in [2.75, 3.05) is 7.11 Å². The smallest absolute Gasteiger partial charge is 0.158 e. The quantitative estimate of drug-likeness (QED) is 0.289. The third-order valence-corrected chi connectivity index (χ3v) is 8.34. The summed E-state index contributed by atoms with van der Waals surface area (Å²) in [4.78, 5) is 14.0. The molecule has 2 atom stereocenters. The summed E-state index contributed by atoms with van der Waals surface area (Å²) in [5.74, 6) is 1.63. The molecular weight excluding hydrogens is 454 g/mol. The number of carbonyl (C=O) groups is 1. The van der Waals surface area contributed by atoms with E-state index < -0.39 is 5.54 Å². The van der Waals surface area contributed by atoms with Crippen LogP contribution < -0.4 is 5.32 Å². The molecule has 3 rings (SSSR count). The van der Waals surface area contributed by atoms with Gasteiger partial charge in [0.25, 0.3) is 0 Å². The second-order valence-corrected chi connectivity index (χ2v) is 12.1. The Hall–Kier alpha value is -2.13. The van der Waals surface area contributed by atoms with E-state index in [9.17, 15) is 4.79 Å². The number of carbonyl (C=O) groups excluding carboxylic acids is 1. The molecule has 3 heteroatoms. The zero-order valence-corrected chi connectivity index (χ0v) is 24.3. The number of ketones is 1. The number of allylic oxidation sites excluding steroid dienone is 5. The highest BCUT2D eigenvalue weighted by Gasteiger charge is 2.39. The summed E-state index contributed by atoms with van der Waals surface area (Å²) in [6, 6.07) is 6.75. The molecule has 0 aliphatic heterocycles. The normalized spacial score (nSPS) is 19.3. The summed E-state index contributed by atoms with van der Waals surface area (Å²) in [6.45, 7) is 11.4. The van der Waals surface area contributed by atoms with Gasteiger partial charge in [-0.15, -0.1) is 0 Å². The summed E-state index contributed by atoms with van der Waals surface area (Å²) < 4.78 is 6.05. The third kappa shape index (κ3) is 8.18. The number of benzene rings is 1. The third-order valence-electron chi connectivity index (χ3n) is 8.34. The lowest BCUT2D eigenvalue weighted by atomic mass is 9.80. The van der Waals surface area contributed by atoms with Crippen LogP contribution in [0.4, 0.5) is 0 Å². The minimum Gasteiger partial charge on any atom is -0.381 e. The molecule has 0 amide bonds. The Kier molecular flexibility index (Phi) is 11.2. The van der Waals surface area contributed by atoms with Gasteiger partial charge in [-0.2, -0.15) is 0 Å². The van der Waals surface area contributed by atoms with Crippen LogP contribution in [0.5, 0.6) is 0 Å². The molecule has 0 spiro atoms. The van der Waals surface area contributed by atoms with E-state index in [2.05, 4.69) is 88.5 Å². The molecule has 2 aliphatic carbocycles. The zero-order chi connectivity index (χ0) is 26.8. The number of nitrogens with one attached hydrogen (secondary N) is 1. The Morgan fingerprint density at radius 3 is 2.19 bits per heavy atom. The van der Waals surface area contributed by atoms with E-state index in [-0.39, 0.29) is 12.0 Å². The number of methoxy groups -OCH3 is 1. The van der Waals surface area contributed by atoms with Crippen molar-refractivity contribution in [1.82, 2.24) is 5.32 Å². The number of Topliss-reactive ketones (excluding diaryl/α,β-unsaturated/α-hetero) is 1. The van der Waals surface area contributed by atoms with Gasteiger partial charge in [-0.05, 0) is 66.2 Å². The molecular formula is C34H51NO2. The van der Waals surface area contributed by atoms with Crippen LogP contribution in [0.2, 0.25) is 0 Å². The average molecular weight is 506 g/mol. The molecule has 3 nitrogen and oxygen atoms in total. The Bertz CT molecular complexity index is 934. The fourth-order valence-corrected chi connectivity index (χ4v) is 6.26. The van der Waals surface area contributed by atoms with Crippen LogP contribution in [0.15, 0.2) is 54.3 Å². The molecule has 0 saturated heterocycles. The zero-order valence-electron chi connectivity index (χ0n) is 24.3. The lowest BCUT2D eigenvalue weighted by molar-refractivity contribution is -0.126. The van der Waals surface area contributed by atoms with Gasteiger partial charge in [0.05, 0.1) is 11.6 Å². The maximum Gasteiger partial charge on any atom is 0.158 e. The molecule has 2 aliphatic rings. The van der Waals surface area contributed by atoms with E-state index in [1.54, 1.807) is 0 Å². The first-order valence-electron chi connectivity index (χ1n) is 14.7. The summed E-state index contributed by atoms with van der Waals surface area (Å²) in [5, 5.41) is 3.78. The van der Waals surface area contributed by atoms with E-state index in [0.717, 1.165) is 50.6 Å². The Balaban J connectivity index is 1.73. The van der Waals surface area contributed by atoms with Gasteiger partial charge in [0.1, 0.15) is 0 Å². The maximum atomic E-state index is 14.0. The molecule has 1 N–H and O–H groups in total. The number of rotatable bonds is 12. The average Bonchev–Trinajstić information content (AvgIpc) is 3.27. The molecule has 0 radical (unpaired) electrons. The van der Waals surface area contributed by atoms with Crippen LogP contribution in [0.25, 0.3) is 0 Å². The van der Waals surface area contributed by atoms with Gasteiger partial charge >= 0.3 is 0 Å². The van der Waals surface area contributed by atoms with E-state index >= 15 is 0 Å². The number of hydrogen-bond donors (Lipinski definition) is 1. The molecule has 2 unspecified atom stereocenters. The number of ether oxygens (including phenoxy) is 1. The highest BCUT2D eigenvalue weighted by atomic mass is 16.5. The van der Waals surface area contributed by atoms with Gasteiger partial charge in [0.2, 0.25) is 0 Å². The van der Waals surface area contributed by atoms with Gasteiger partial charge in [-0.1, -0.05) is 103 Å². The van der Waals surface area contributed by atoms with Crippen molar-refractivity contribution < 1.29 is 9.53 Å². The van der Waals surface area contributed by atoms with Crippen LogP contribution in [0, 0.1) is 5.92 Å². The first-order valence-corrected chi connectivity index (χ1v) is 14.7. The van der Waals surface area contributed by atoms with Gasteiger partial charge in [0, 0.05) is 25.6 Å². The monoisotopic (exact) mass is 505 g/mol. The molecule has 0 heterocycles. The Morgan fingerprint density at radius 2 is 1.59 bits per heavy atom. The first kappa shape index (κ1) is 29.4. The van der Waals surface area contributed by atoms with E-state index in [0.29, 0.717) is 24.0 Å². The molecule has 1 fully saturated rings. The standard InChI is InChI=1S/C34H51NO2/c1-25(2)30-18-15-19-31(26(3)4)32(30)24-29(37-6)22-27(5)23-33(36)34(20-13-9-10-14-21-34)35-28-16-11-7-8-12-17-28/h7-8,11-12,15-16,18-19,25-27,29,35H,9-10,13-14,17,20-24H2,1-6H3. The first-order chi connectivity index (χ1) is 17.8. The highest BCUT2D eigenvalue weighted by Crippen LogP contribution is 2.34. The second kappa shape index (κ2) is 14.1. The topological polar surface area (TPSA) is 38.3 Å². The van der Waals surface area contributed by atoms with Gasteiger partial charge in [-0.25, -0.2) is 0 Å². The second-order valence-electron chi connectivity index (χ2n) is 12.1. The minimum atomic E-state index is -0.430. The largest absolute Gasteiger partial charge is 0.381 e. The molecule has 37 heavy (non-hydrogen) atoms. The molecule has 1 aromatic carbocycles. The molecule has 204 valence electrons. The van der Waals surface area contributed by atoms with Crippen LogP contribution in [-0.4, -0.2) is 24.5 Å². The molecule has 1 aromatic rings. The van der Waals surface area contributed by atoms with E-state index in [1.807, 2.05) is 7.11 Å². The van der Waals surface area contributed by atoms with Crippen molar-refractivity contribution in [2.24, 2.45) is 5.92 Å². The lowest BCUT2D eigenvalue weighted by Crippen LogP contribution is -2.51. The SMILES string of the molecule is COC(Cc1c(C(C)C)cccc1C(C)C)CC(C)CC(=O)C1(NC2=CC=CC=CC2)CCCCCC1. The van der Waals surface area contributed by atoms with Crippen LogP contribution in [0.3, 0.4) is 0 Å². The highest BCUT2D eigenvalue weighted by molar-refractivity contribution is 5.89. The Morgan fingerprint density at radius 1 is 0.946 bits per heavy atom. The lowest BCUT2D eigenvalue weighted by Gasteiger charge is -2.35. The van der Waals surface area contributed by atoms with Gasteiger partial charge in [0.15, 0.2) is 5.78 Å². The molecule has 0 bridgehead atoms. The number of hydrogen-bond acceptors (Lipinski definition) is 3. The van der Waals surface area contributed by atoms with Gasteiger partial charge < -0.3 is 10.1 Å². The van der Waals surface area contributed by atoms with Gasteiger partial charge in [-0.3, -0.25) is 4.79 Å². The summed E-state index contributed by atoms with van der Waals surface area (Å²) in [7, 11) is 1.83. The van der Waals surface area contributed by atoms with Crippen molar-refractivity contribution in [2.45, 2.75) is 122 Å². The van der Waals surface area contributed by atoms with Crippen molar-refractivity contribution >= 4 is 5.78 Å². The van der Waals surface area contributed by atoms with Crippen molar-refractivity contribution in [1.29, 1.82) is 0 Å². The van der Waals surface area contributed by atoms with E-state index in [4.69, 9.17) is 4.74 Å². The van der Waals surface area contributed by atoms with E-state index in [1.165, 1.54) is 29.5 Å². The van der Waals surface area contributed by atoms with Crippen LogP contribution in [-0.2, 0) is 16.0 Å². The summed E-state index contributed by atoms with van der Waals surface area (Å²) in [6.07, 6.45) is 20.5. The fraction of sp³-hybridized carbons (Fsp3) is 0.618. The fourth-order valence-electron chi connectivity index (χ4n) is 6.26. The van der Waals surface area contributed by atoms with Crippen molar-refractivity contribution in [3.05, 3.63) is 71.0 Å². The van der Waals surface area contributed by atoms with Crippen molar-refractivity contribution in [3.63, 3.8) is 0 Å². The Labute approximate surface area is 226 Å². The maximum absolute atomic E-state index is 14.0. The molecule has 1 saturated carbocycles. The summed E-state index contributed by atoms with van der Waals surface area (Å²) >= 11 is 0. The van der Waals surface area contributed by atoms with Crippen LogP contribution >= 0.6 is 0 Å². The predicted octanol–water partition coefficient (Wildman–Crippen LogP) is 8.56. The summed E-state index contributed by atoms with van der Waals surface area (Å²) in [5.41, 5.74) is 5.03. The minimum absolute atomic E-state index is 0.109. The predicted molar refractivity (Wildman–Crippen MR) is 157 cm³/mol.